The monoisotopic (exact) mass is 982 g/mol. The summed E-state index contributed by atoms with van der Waals surface area (Å²) in [6.45, 7) is -3.82. The fourth-order valence-corrected chi connectivity index (χ4v) is 14.0. The Morgan fingerprint density at radius 2 is 0.873 bits per heavy atom. The summed E-state index contributed by atoms with van der Waals surface area (Å²) in [6, 6.07) is 0. The summed E-state index contributed by atoms with van der Waals surface area (Å²) in [7, 11) is -52.1. The maximum absolute atomic E-state index is 12.3. The molecule has 0 aliphatic carbocycles. The topological polar surface area (TPSA) is 562 Å². The van der Waals surface area contributed by atoms with E-state index in [4.69, 9.17) is 28.9 Å². The van der Waals surface area contributed by atoms with Crippen LogP contribution in [0.4, 0.5) is 0 Å². The van der Waals surface area contributed by atoms with Crippen molar-refractivity contribution in [2.75, 3.05) is 19.8 Å². The fourth-order valence-electron chi connectivity index (χ4n) is 3.82. The molecule has 55 heavy (non-hydrogen) atoms. The van der Waals surface area contributed by atoms with Gasteiger partial charge in [0.05, 0.1) is 13.2 Å². The van der Waals surface area contributed by atoms with E-state index in [-0.39, 0.29) is 0 Å². The summed E-state index contributed by atoms with van der Waals surface area (Å²) in [5.41, 5.74) is 0. The van der Waals surface area contributed by atoms with Crippen LogP contribution >= 0.6 is 62.6 Å². The zero-order chi connectivity index (χ0) is 43.0. The van der Waals surface area contributed by atoms with Crippen molar-refractivity contribution in [3.05, 3.63) is 0 Å². The molecule has 2 aliphatic rings. The van der Waals surface area contributed by atoms with Crippen molar-refractivity contribution in [3.8, 4) is 0 Å². The van der Waals surface area contributed by atoms with Crippen molar-refractivity contribution in [1.82, 2.24) is 0 Å². The van der Waals surface area contributed by atoms with E-state index in [1.54, 1.807) is 0 Å². The first kappa shape index (κ1) is 51.9. The molecular weight excluding hydrogens is 952 g/mol. The van der Waals surface area contributed by atoms with Gasteiger partial charge in [0, 0.05) is 0 Å². The number of rotatable bonds is 21. The highest BCUT2D eigenvalue weighted by atomic mass is 31.3. The quantitative estimate of drug-likeness (QED) is 0.0482. The van der Waals surface area contributed by atoms with E-state index in [2.05, 4.69) is 34.7 Å². The third kappa shape index (κ3) is 15.9. The second kappa shape index (κ2) is 18.4. The Bertz CT molecular complexity index is 1740. The second-order valence-electron chi connectivity index (χ2n) is 10.0. The van der Waals surface area contributed by atoms with Crippen LogP contribution in [0.3, 0.4) is 0 Å². The molecule has 35 nitrogen and oxygen atoms in total. The standard InChI is InChI=1S/C12H30O35P8/c13-1-4-7(16)10(19)12(3-14,39-4)40-11-9(18)8(17)6(15)5(38-11)2-37-49(23,24)42-51(27,28)44-53(31,32)46-55(35,36)47-54(33,34)45-52(29,30)43-50(25,26)41-48(20,21)22/h4-11,13-19H,1-3H2,(H,23,24)(H,25,26)(H,27,28)(H,29,30)(H,31,32)(H,33,34)(H,35,36)(H2,20,21,22)/t4-,5-,6-,7-,8+,9-,10+,11-,12+/m1/s1. The molecule has 16 atom stereocenters. The molecule has 2 saturated heterocycles. The minimum Gasteiger partial charge on any atom is -0.394 e. The highest BCUT2D eigenvalue weighted by Crippen LogP contribution is 2.77. The number of hydrogen-bond acceptors (Lipinski definition) is 26. The average Bonchev–Trinajstić information content (AvgIpc) is 3.16. The Balaban J connectivity index is 2.08. The Labute approximate surface area is 302 Å². The average molecular weight is 982 g/mol. The van der Waals surface area contributed by atoms with Crippen molar-refractivity contribution in [2.45, 2.75) is 54.8 Å². The van der Waals surface area contributed by atoms with Crippen molar-refractivity contribution in [3.63, 3.8) is 0 Å². The molecule has 0 aromatic rings. The maximum atomic E-state index is 12.3. The van der Waals surface area contributed by atoms with E-state index in [1.807, 2.05) is 0 Å². The zero-order valence-electron chi connectivity index (χ0n) is 25.7. The van der Waals surface area contributed by atoms with Gasteiger partial charge >= 0.3 is 62.6 Å². The van der Waals surface area contributed by atoms with Gasteiger partial charge < -0.3 is 94.0 Å². The SMILES string of the molecule is O=P(O)(O)OP(=O)(O)OP(=O)(O)OP(=O)(O)OP(=O)(O)OP(=O)(O)OP(=O)(O)OP(=O)(O)OC[C@H]1O[C@H](O[C@]2(CO)O[C@H](CO)[C@@H](O)[C@@H]2O)[C@H](O)[C@@H](O)[C@@H]1O. The molecular formula is C12H30O35P8. The first-order valence-electron chi connectivity index (χ1n) is 13.0. The van der Waals surface area contributed by atoms with Crippen molar-refractivity contribution in [1.29, 1.82) is 0 Å². The minimum atomic E-state index is -6.80. The molecule has 0 bridgehead atoms. The molecule has 7 unspecified atom stereocenters. The van der Waals surface area contributed by atoms with Crippen LogP contribution in [0.5, 0.6) is 0 Å². The molecule has 2 rings (SSSR count). The Morgan fingerprint density at radius 1 is 0.491 bits per heavy atom. The molecule has 2 aliphatic heterocycles. The normalized spacial score (nSPS) is 36.9. The van der Waals surface area contributed by atoms with Crippen LogP contribution in [0.1, 0.15) is 0 Å². The summed E-state index contributed by atoms with van der Waals surface area (Å²) in [4.78, 5) is 82.8. The van der Waals surface area contributed by atoms with E-state index in [0.29, 0.717) is 0 Å². The molecule has 0 aromatic carbocycles. The summed E-state index contributed by atoms with van der Waals surface area (Å²) < 4.78 is 136. The Morgan fingerprint density at radius 3 is 1.22 bits per heavy atom. The largest absolute Gasteiger partial charge is 0.490 e. The smallest absolute Gasteiger partial charge is 0.394 e. The summed E-state index contributed by atoms with van der Waals surface area (Å²) >= 11 is 0. The predicted molar refractivity (Wildman–Crippen MR) is 156 cm³/mol. The van der Waals surface area contributed by atoms with Crippen LogP contribution in [0, 0.1) is 0 Å². The lowest BCUT2D eigenvalue weighted by Crippen LogP contribution is -2.62. The first-order valence-corrected chi connectivity index (χ1v) is 25.0. The zero-order valence-corrected chi connectivity index (χ0v) is 32.9. The molecule has 0 saturated carbocycles. The number of phosphoric ester groups is 1. The van der Waals surface area contributed by atoms with Crippen molar-refractivity contribution < 1.29 is 165 Å². The molecule has 2 heterocycles. The number of aliphatic hydroxyl groups excluding tert-OH is 7. The third-order valence-electron chi connectivity index (χ3n) is 5.74. The molecule has 328 valence electrons. The Hall–Kier alpha value is 0.760. The van der Waals surface area contributed by atoms with Gasteiger partial charge in [-0.3, -0.25) is 4.52 Å². The van der Waals surface area contributed by atoms with Gasteiger partial charge in [-0.25, -0.2) is 36.5 Å². The minimum absolute atomic E-state index is 0.948. The van der Waals surface area contributed by atoms with Crippen LogP contribution in [0.2, 0.25) is 0 Å². The van der Waals surface area contributed by atoms with Crippen molar-refractivity contribution in [2.24, 2.45) is 0 Å². The lowest BCUT2D eigenvalue weighted by molar-refractivity contribution is -0.383. The van der Waals surface area contributed by atoms with Gasteiger partial charge in [0.25, 0.3) is 0 Å². The predicted octanol–water partition coefficient (Wildman–Crippen LogP) is -4.46. The van der Waals surface area contributed by atoms with E-state index in [1.165, 1.54) is 0 Å². The van der Waals surface area contributed by atoms with Crippen LogP contribution in [-0.2, 0) is 85.4 Å². The molecule has 0 spiro atoms. The second-order valence-corrected chi connectivity index (χ2v) is 22.4. The van der Waals surface area contributed by atoms with Gasteiger partial charge in [0.2, 0.25) is 5.79 Å². The molecule has 2 fully saturated rings. The summed E-state index contributed by atoms with van der Waals surface area (Å²) in [5.74, 6) is -2.68. The lowest BCUT2D eigenvalue weighted by atomic mass is 9.99. The number of aliphatic hydroxyl groups is 7. The number of phosphoric acid groups is 8. The highest BCUT2D eigenvalue weighted by molar-refractivity contribution is 7.73. The lowest BCUT2D eigenvalue weighted by Gasteiger charge is -2.43. The van der Waals surface area contributed by atoms with Gasteiger partial charge in [-0.1, -0.05) is 0 Å². The molecule has 0 aromatic heterocycles. The molecule has 43 heteroatoms. The van der Waals surface area contributed by atoms with Crippen molar-refractivity contribution >= 4 is 62.6 Å². The fraction of sp³-hybridized carbons (Fsp3) is 1.00. The van der Waals surface area contributed by atoms with Gasteiger partial charge in [0.1, 0.15) is 49.3 Å². The van der Waals surface area contributed by atoms with E-state index >= 15 is 0 Å². The molecule has 0 radical (unpaired) electrons. The van der Waals surface area contributed by atoms with E-state index in [9.17, 15) is 102 Å². The Kier molecular flexibility index (Phi) is 17.4. The van der Waals surface area contributed by atoms with Gasteiger partial charge in [-0.05, 0) is 0 Å². The molecule has 16 N–H and O–H groups in total. The molecule has 0 amide bonds. The summed E-state index contributed by atoms with van der Waals surface area (Å²) in [6.07, 6.45) is -17.1. The van der Waals surface area contributed by atoms with Crippen LogP contribution < -0.4 is 0 Å². The van der Waals surface area contributed by atoms with Gasteiger partial charge in [0.15, 0.2) is 6.29 Å². The van der Waals surface area contributed by atoms with Gasteiger partial charge in [-0.15, -0.1) is 0 Å². The number of ether oxygens (including phenoxy) is 3. The maximum Gasteiger partial charge on any atom is 0.490 e. The third-order valence-corrected chi connectivity index (χ3v) is 17.8. The van der Waals surface area contributed by atoms with Crippen LogP contribution in [0.25, 0.3) is 0 Å². The number of hydrogen-bond donors (Lipinski definition) is 16. The van der Waals surface area contributed by atoms with Crippen LogP contribution in [-0.4, -0.2) is 154 Å². The van der Waals surface area contributed by atoms with Crippen LogP contribution in [0.15, 0.2) is 0 Å². The van der Waals surface area contributed by atoms with E-state index < -0.39 is 137 Å². The van der Waals surface area contributed by atoms with E-state index in [0.717, 1.165) is 0 Å². The first-order chi connectivity index (χ1) is 24.4. The highest BCUT2D eigenvalue weighted by Gasteiger charge is 2.59. The summed E-state index contributed by atoms with van der Waals surface area (Å²) in [5, 5.41) is 69.9. The van der Waals surface area contributed by atoms with Gasteiger partial charge in [-0.2, -0.15) is 30.2 Å².